The number of carbonyl (C=O) groups is 2. The number of hydrogen-bond acceptors (Lipinski definition) is 2. The number of nitrogens with zero attached hydrogens (tertiary/aromatic N) is 1. The summed E-state index contributed by atoms with van der Waals surface area (Å²) in [4.78, 5) is 26.5. The molecule has 0 radical (unpaired) electrons. The van der Waals surface area contributed by atoms with E-state index in [-0.39, 0.29) is 17.6 Å². The topological polar surface area (TPSA) is 49.4 Å². The van der Waals surface area contributed by atoms with E-state index in [1.54, 1.807) is 12.1 Å². The smallest absolute Gasteiger partial charge is 0.230 e. The highest BCUT2D eigenvalue weighted by atomic mass is 19.1. The molecule has 124 valence electrons. The molecule has 1 aliphatic carbocycles. The average Bonchev–Trinajstić information content (AvgIpc) is 3.02. The third-order valence-electron chi connectivity index (χ3n) is 5.12. The fraction of sp³-hybridized carbons (Fsp3) is 0.556. The van der Waals surface area contributed by atoms with E-state index in [9.17, 15) is 14.0 Å². The largest absolute Gasteiger partial charge is 0.355 e. The van der Waals surface area contributed by atoms with E-state index in [0.717, 1.165) is 50.8 Å². The zero-order valence-corrected chi connectivity index (χ0v) is 13.3. The minimum atomic E-state index is -0.537. The van der Waals surface area contributed by atoms with Crippen molar-refractivity contribution in [1.82, 2.24) is 10.2 Å². The molecule has 1 heterocycles. The molecule has 1 saturated heterocycles. The van der Waals surface area contributed by atoms with Crippen LogP contribution >= 0.6 is 0 Å². The van der Waals surface area contributed by atoms with E-state index in [4.69, 9.17) is 0 Å². The molecule has 1 aliphatic heterocycles. The average molecular weight is 318 g/mol. The van der Waals surface area contributed by atoms with Crippen molar-refractivity contribution in [3.63, 3.8) is 0 Å². The van der Waals surface area contributed by atoms with Crippen molar-refractivity contribution >= 4 is 11.8 Å². The summed E-state index contributed by atoms with van der Waals surface area (Å²) in [7, 11) is 0. The van der Waals surface area contributed by atoms with Gasteiger partial charge >= 0.3 is 0 Å². The molecule has 2 fully saturated rings. The Hall–Kier alpha value is -1.91. The van der Waals surface area contributed by atoms with Gasteiger partial charge in [-0.25, -0.2) is 4.39 Å². The summed E-state index contributed by atoms with van der Waals surface area (Å²) in [6, 6.07) is 6.20. The summed E-state index contributed by atoms with van der Waals surface area (Å²) in [5.74, 6) is -0.211. The third kappa shape index (κ3) is 3.23. The van der Waals surface area contributed by atoms with Gasteiger partial charge in [0.25, 0.3) is 0 Å². The molecule has 2 aliphatic rings. The van der Waals surface area contributed by atoms with Gasteiger partial charge in [-0.2, -0.15) is 0 Å². The molecule has 0 atom stereocenters. The first-order chi connectivity index (χ1) is 11.1. The molecular weight excluding hydrogens is 295 g/mol. The SMILES string of the molecule is O=C(CCNC(=O)C1(c2ccc(F)cc2)CCC1)N1CCCC1. The number of amides is 2. The first-order valence-electron chi connectivity index (χ1n) is 8.44. The first kappa shape index (κ1) is 16.0. The minimum absolute atomic E-state index is 0.0374. The van der Waals surface area contributed by atoms with Crippen LogP contribution in [0.1, 0.15) is 44.1 Å². The summed E-state index contributed by atoms with van der Waals surface area (Å²) in [6.45, 7) is 2.05. The maximum Gasteiger partial charge on any atom is 0.230 e. The Labute approximate surface area is 136 Å². The highest BCUT2D eigenvalue weighted by molar-refractivity contribution is 5.89. The Bertz CT molecular complexity index is 575. The van der Waals surface area contributed by atoms with Gasteiger partial charge in [0.05, 0.1) is 5.41 Å². The van der Waals surface area contributed by atoms with Gasteiger partial charge in [0.2, 0.25) is 11.8 Å². The molecule has 1 saturated carbocycles. The van der Waals surface area contributed by atoms with Crippen molar-refractivity contribution in [2.24, 2.45) is 0 Å². The highest BCUT2D eigenvalue weighted by Gasteiger charge is 2.45. The molecule has 0 aromatic heterocycles. The van der Waals surface area contributed by atoms with Gasteiger partial charge < -0.3 is 10.2 Å². The summed E-state index contributed by atoms with van der Waals surface area (Å²) < 4.78 is 13.1. The van der Waals surface area contributed by atoms with Crippen molar-refractivity contribution in [2.75, 3.05) is 19.6 Å². The van der Waals surface area contributed by atoms with E-state index in [0.29, 0.717) is 13.0 Å². The van der Waals surface area contributed by atoms with Crippen LogP contribution in [-0.4, -0.2) is 36.3 Å². The molecule has 23 heavy (non-hydrogen) atoms. The molecular formula is C18H23FN2O2. The van der Waals surface area contributed by atoms with Gasteiger partial charge in [0.15, 0.2) is 0 Å². The Kier molecular flexibility index (Phi) is 4.64. The van der Waals surface area contributed by atoms with Crippen molar-refractivity contribution < 1.29 is 14.0 Å². The summed E-state index contributed by atoms with van der Waals surface area (Å²) in [6.07, 6.45) is 5.06. The second kappa shape index (κ2) is 6.69. The number of hydrogen-bond donors (Lipinski definition) is 1. The maximum atomic E-state index is 13.1. The molecule has 4 nitrogen and oxygen atoms in total. The zero-order chi connectivity index (χ0) is 16.3. The van der Waals surface area contributed by atoms with Crippen LogP contribution in [-0.2, 0) is 15.0 Å². The molecule has 1 N–H and O–H groups in total. The summed E-state index contributed by atoms with van der Waals surface area (Å²) in [5, 5.41) is 2.91. The van der Waals surface area contributed by atoms with Crippen LogP contribution in [0.5, 0.6) is 0 Å². The Morgan fingerprint density at radius 3 is 2.30 bits per heavy atom. The predicted octanol–water partition coefficient (Wildman–Crippen LogP) is 2.38. The van der Waals surface area contributed by atoms with Gasteiger partial charge in [-0.05, 0) is 43.4 Å². The number of carbonyl (C=O) groups excluding carboxylic acids is 2. The number of halogens is 1. The van der Waals surface area contributed by atoms with E-state index >= 15 is 0 Å². The quantitative estimate of drug-likeness (QED) is 0.906. The molecule has 0 unspecified atom stereocenters. The minimum Gasteiger partial charge on any atom is -0.355 e. The lowest BCUT2D eigenvalue weighted by molar-refractivity contribution is -0.131. The van der Waals surface area contributed by atoms with Crippen molar-refractivity contribution in [3.8, 4) is 0 Å². The monoisotopic (exact) mass is 318 g/mol. The lowest BCUT2D eigenvalue weighted by atomic mass is 9.64. The Balaban J connectivity index is 1.55. The standard InChI is InChI=1S/C18H23FN2O2/c19-15-6-4-14(5-7-15)18(9-3-10-18)17(23)20-11-8-16(22)21-12-1-2-13-21/h4-7H,1-3,8-13H2,(H,20,23). The predicted molar refractivity (Wildman–Crippen MR) is 85.4 cm³/mol. The third-order valence-corrected chi connectivity index (χ3v) is 5.12. The van der Waals surface area contributed by atoms with Crippen molar-refractivity contribution in [3.05, 3.63) is 35.6 Å². The zero-order valence-electron chi connectivity index (χ0n) is 13.3. The van der Waals surface area contributed by atoms with Gasteiger partial charge in [-0.15, -0.1) is 0 Å². The summed E-state index contributed by atoms with van der Waals surface area (Å²) >= 11 is 0. The second-order valence-electron chi connectivity index (χ2n) is 6.54. The highest BCUT2D eigenvalue weighted by Crippen LogP contribution is 2.43. The van der Waals surface area contributed by atoms with E-state index < -0.39 is 5.41 Å². The van der Waals surface area contributed by atoms with Crippen LogP contribution in [0.4, 0.5) is 4.39 Å². The van der Waals surface area contributed by atoms with E-state index in [1.807, 2.05) is 4.90 Å². The molecule has 0 bridgehead atoms. The number of rotatable bonds is 5. The van der Waals surface area contributed by atoms with Crippen molar-refractivity contribution in [2.45, 2.75) is 43.9 Å². The number of likely N-dealkylation sites (tertiary alicyclic amines) is 1. The number of nitrogens with one attached hydrogen (secondary N) is 1. The van der Waals surface area contributed by atoms with Gasteiger partial charge in [-0.3, -0.25) is 9.59 Å². The van der Waals surface area contributed by atoms with Crippen LogP contribution in [0.3, 0.4) is 0 Å². The fourth-order valence-corrected chi connectivity index (χ4v) is 3.52. The molecule has 1 aromatic rings. The molecule has 1 aromatic carbocycles. The van der Waals surface area contributed by atoms with Crippen LogP contribution in [0.25, 0.3) is 0 Å². The van der Waals surface area contributed by atoms with Crippen molar-refractivity contribution in [1.29, 1.82) is 0 Å². The van der Waals surface area contributed by atoms with Crippen LogP contribution in [0.15, 0.2) is 24.3 Å². The Morgan fingerprint density at radius 2 is 1.74 bits per heavy atom. The lowest BCUT2D eigenvalue weighted by Crippen LogP contribution is -2.49. The van der Waals surface area contributed by atoms with E-state index in [1.165, 1.54) is 12.1 Å². The van der Waals surface area contributed by atoms with Crippen LogP contribution in [0, 0.1) is 5.82 Å². The first-order valence-corrected chi connectivity index (χ1v) is 8.44. The molecule has 2 amide bonds. The number of benzene rings is 1. The van der Waals surface area contributed by atoms with Gasteiger partial charge in [-0.1, -0.05) is 18.6 Å². The maximum absolute atomic E-state index is 13.1. The second-order valence-corrected chi connectivity index (χ2v) is 6.54. The molecule has 5 heteroatoms. The normalized spacial score (nSPS) is 19.3. The molecule has 0 spiro atoms. The van der Waals surface area contributed by atoms with Gasteiger partial charge in [0.1, 0.15) is 5.82 Å². The molecule has 3 rings (SSSR count). The fourth-order valence-electron chi connectivity index (χ4n) is 3.52. The Morgan fingerprint density at radius 1 is 1.09 bits per heavy atom. The van der Waals surface area contributed by atoms with Gasteiger partial charge in [0, 0.05) is 26.1 Å². The lowest BCUT2D eigenvalue weighted by Gasteiger charge is -2.40. The van der Waals surface area contributed by atoms with Crippen LogP contribution in [0.2, 0.25) is 0 Å². The van der Waals surface area contributed by atoms with Crippen LogP contribution < -0.4 is 5.32 Å². The van der Waals surface area contributed by atoms with E-state index in [2.05, 4.69) is 5.32 Å². The summed E-state index contributed by atoms with van der Waals surface area (Å²) in [5.41, 5.74) is 0.332.